The summed E-state index contributed by atoms with van der Waals surface area (Å²) >= 11 is 6.10. The number of nitrogens with one attached hydrogen (secondary N) is 1. The molecule has 2 aromatic carbocycles. The van der Waals surface area contributed by atoms with Crippen LogP contribution < -0.4 is 19.9 Å². The number of aromatic nitrogens is 2. The first-order valence-electron chi connectivity index (χ1n) is 10.2. The molecular formula is C23H24ClN5O2. The number of nitrogens with zero attached hydrogens (tertiary/aromatic N) is 4. The lowest BCUT2D eigenvalue weighted by molar-refractivity contribution is -0.122. The topological polar surface area (TPSA) is 70.6 Å². The quantitative estimate of drug-likeness (QED) is 0.631. The van der Waals surface area contributed by atoms with E-state index in [1.54, 1.807) is 31.2 Å². The molecule has 3 aromatic rings. The molecule has 0 radical (unpaired) electrons. The van der Waals surface area contributed by atoms with Crippen molar-refractivity contribution in [1.82, 2.24) is 9.97 Å². The number of halogens is 1. The highest BCUT2D eigenvalue weighted by atomic mass is 35.5. The van der Waals surface area contributed by atoms with Crippen LogP contribution in [0.2, 0.25) is 5.02 Å². The lowest BCUT2D eigenvalue weighted by Gasteiger charge is -2.36. The van der Waals surface area contributed by atoms with Gasteiger partial charge in [0.1, 0.15) is 23.7 Å². The van der Waals surface area contributed by atoms with Crippen molar-refractivity contribution in [3.05, 3.63) is 72.0 Å². The monoisotopic (exact) mass is 437 g/mol. The molecule has 1 amide bonds. The summed E-state index contributed by atoms with van der Waals surface area (Å²) in [7, 11) is 0. The maximum absolute atomic E-state index is 12.6. The summed E-state index contributed by atoms with van der Waals surface area (Å²) in [5.74, 6) is 1.39. The first-order chi connectivity index (χ1) is 15.1. The molecule has 1 aliphatic heterocycles. The minimum Gasteiger partial charge on any atom is -0.479 e. The number of carbonyl (C=O) groups is 1. The van der Waals surface area contributed by atoms with Crippen molar-refractivity contribution in [1.29, 1.82) is 0 Å². The van der Waals surface area contributed by atoms with Gasteiger partial charge in [0.05, 0.1) is 5.02 Å². The van der Waals surface area contributed by atoms with Crippen LogP contribution in [0, 0.1) is 0 Å². The van der Waals surface area contributed by atoms with E-state index in [4.69, 9.17) is 16.3 Å². The third kappa shape index (κ3) is 5.24. The molecule has 1 aromatic heterocycles. The molecule has 31 heavy (non-hydrogen) atoms. The molecule has 0 aliphatic carbocycles. The van der Waals surface area contributed by atoms with Gasteiger partial charge in [-0.1, -0.05) is 41.9 Å². The summed E-state index contributed by atoms with van der Waals surface area (Å²) in [6.07, 6.45) is 0.737. The summed E-state index contributed by atoms with van der Waals surface area (Å²) in [6.45, 7) is 5.15. The molecule has 1 N–H and O–H groups in total. The summed E-state index contributed by atoms with van der Waals surface area (Å²) in [6, 6.07) is 19.2. The number of rotatable bonds is 6. The van der Waals surface area contributed by atoms with E-state index in [-0.39, 0.29) is 5.91 Å². The smallest absolute Gasteiger partial charge is 0.266 e. The normalized spacial score (nSPS) is 14.8. The van der Waals surface area contributed by atoms with Crippen molar-refractivity contribution in [3.8, 4) is 5.75 Å². The van der Waals surface area contributed by atoms with Crippen molar-refractivity contribution in [3.63, 3.8) is 0 Å². The Balaban J connectivity index is 1.35. The fraction of sp³-hybridized carbons (Fsp3) is 0.261. The average molecular weight is 438 g/mol. The number of benzene rings is 2. The first-order valence-corrected chi connectivity index (χ1v) is 10.6. The van der Waals surface area contributed by atoms with Crippen molar-refractivity contribution >= 4 is 34.8 Å². The molecule has 0 bridgehead atoms. The van der Waals surface area contributed by atoms with E-state index in [0.717, 1.165) is 32.0 Å². The van der Waals surface area contributed by atoms with Crippen molar-refractivity contribution in [2.75, 3.05) is 41.3 Å². The van der Waals surface area contributed by atoms with E-state index in [2.05, 4.69) is 49.4 Å². The predicted molar refractivity (Wildman–Crippen MR) is 123 cm³/mol. The van der Waals surface area contributed by atoms with Crippen molar-refractivity contribution in [2.24, 2.45) is 0 Å². The highest BCUT2D eigenvalue weighted by Gasteiger charge is 2.20. The molecule has 4 rings (SSSR count). The molecule has 0 unspecified atom stereocenters. The Hall–Kier alpha value is -3.32. The second-order valence-electron chi connectivity index (χ2n) is 7.25. The number of amides is 1. The number of ether oxygens (including phenoxy) is 1. The zero-order chi connectivity index (χ0) is 21.6. The van der Waals surface area contributed by atoms with Crippen LogP contribution >= 0.6 is 11.6 Å². The van der Waals surface area contributed by atoms with Crippen LogP contribution in [0.1, 0.15) is 6.92 Å². The highest BCUT2D eigenvalue weighted by molar-refractivity contribution is 6.32. The van der Waals surface area contributed by atoms with E-state index in [1.807, 2.05) is 12.1 Å². The fourth-order valence-electron chi connectivity index (χ4n) is 3.43. The van der Waals surface area contributed by atoms with Crippen LogP contribution in [0.25, 0.3) is 0 Å². The second-order valence-corrected chi connectivity index (χ2v) is 7.66. The van der Waals surface area contributed by atoms with Crippen LogP contribution in [-0.4, -0.2) is 48.2 Å². The van der Waals surface area contributed by atoms with Crippen LogP contribution in [0.3, 0.4) is 0 Å². The van der Waals surface area contributed by atoms with Gasteiger partial charge in [0.2, 0.25) is 0 Å². The van der Waals surface area contributed by atoms with E-state index in [0.29, 0.717) is 16.6 Å². The van der Waals surface area contributed by atoms with Crippen LogP contribution in [0.5, 0.6) is 5.75 Å². The molecule has 1 fully saturated rings. The van der Waals surface area contributed by atoms with Gasteiger partial charge in [-0.05, 0) is 31.2 Å². The summed E-state index contributed by atoms with van der Waals surface area (Å²) in [4.78, 5) is 25.7. The Morgan fingerprint density at radius 2 is 1.68 bits per heavy atom. The molecule has 1 aliphatic rings. The van der Waals surface area contributed by atoms with E-state index in [1.165, 1.54) is 12.0 Å². The number of piperazine rings is 1. The van der Waals surface area contributed by atoms with Gasteiger partial charge in [-0.15, -0.1) is 0 Å². The molecule has 160 valence electrons. The van der Waals surface area contributed by atoms with E-state index >= 15 is 0 Å². The molecule has 7 nitrogen and oxygen atoms in total. The van der Waals surface area contributed by atoms with Gasteiger partial charge in [-0.3, -0.25) is 4.79 Å². The van der Waals surface area contributed by atoms with Gasteiger partial charge in [0.25, 0.3) is 5.91 Å². The minimum atomic E-state index is -0.729. The number of hydrogen-bond acceptors (Lipinski definition) is 6. The summed E-state index contributed by atoms with van der Waals surface area (Å²) < 4.78 is 5.68. The lowest BCUT2D eigenvalue weighted by atomic mass is 10.2. The van der Waals surface area contributed by atoms with Gasteiger partial charge < -0.3 is 19.9 Å². The number of para-hydroxylation sites is 2. The van der Waals surface area contributed by atoms with Crippen LogP contribution in [0.15, 0.2) is 67.0 Å². The first kappa shape index (κ1) is 20.9. The predicted octanol–water partition coefficient (Wildman–Crippen LogP) is 3.86. The third-order valence-electron chi connectivity index (χ3n) is 5.14. The standard InChI is InChI=1S/C23H24ClN5O2/c1-17(31-20-10-6-5-9-19(20)24)23(30)27-21-15-22(26-16-25-21)29-13-11-28(12-14-29)18-7-3-2-4-8-18/h2-10,15-17H,11-14H2,1H3,(H,25,26,27,30)/t17-/m0/s1. The van der Waals surface area contributed by atoms with Crippen molar-refractivity contribution < 1.29 is 9.53 Å². The van der Waals surface area contributed by atoms with Gasteiger partial charge >= 0.3 is 0 Å². The fourth-order valence-corrected chi connectivity index (χ4v) is 3.61. The molecule has 1 saturated heterocycles. The summed E-state index contributed by atoms with van der Waals surface area (Å²) in [5.41, 5.74) is 1.23. The Labute approximate surface area is 186 Å². The SMILES string of the molecule is C[C@H](Oc1ccccc1Cl)C(=O)Nc1cc(N2CCN(c3ccccc3)CC2)ncn1. The Bertz CT molecular complexity index is 1030. The van der Waals surface area contributed by atoms with E-state index in [9.17, 15) is 4.79 Å². The molecule has 2 heterocycles. The lowest BCUT2D eigenvalue weighted by Crippen LogP contribution is -2.46. The Morgan fingerprint density at radius 1 is 1.00 bits per heavy atom. The van der Waals surface area contributed by atoms with Crippen molar-refractivity contribution in [2.45, 2.75) is 13.0 Å². The maximum Gasteiger partial charge on any atom is 0.266 e. The largest absolute Gasteiger partial charge is 0.479 e. The molecule has 1 atom stereocenters. The molecule has 0 saturated carbocycles. The van der Waals surface area contributed by atoms with E-state index < -0.39 is 6.10 Å². The van der Waals surface area contributed by atoms with Crippen LogP contribution in [0.4, 0.5) is 17.3 Å². The molecule has 0 spiro atoms. The average Bonchev–Trinajstić information content (AvgIpc) is 2.81. The number of hydrogen-bond donors (Lipinski definition) is 1. The van der Waals surface area contributed by atoms with Crippen LogP contribution in [-0.2, 0) is 4.79 Å². The number of anilines is 3. The number of carbonyl (C=O) groups excluding carboxylic acids is 1. The maximum atomic E-state index is 12.6. The highest BCUT2D eigenvalue weighted by Crippen LogP contribution is 2.25. The third-order valence-corrected chi connectivity index (χ3v) is 5.45. The Kier molecular flexibility index (Phi) is 6.52. The van der Waals surface area contributed by atoms with Gasteiger partial charge in [-0.25, -0.2) is 9.97 Å². The zero-order valence-electron chi connectivity index (χ0n) is 17.2. The van der Waals surface area contributed by atoms with Gasteiger partial charge in [0, 0.05) is 37.9 Å². The summed E-state index contributed by atoms with van der Waals surface area (Å²) in [5, 5.41) is 3.26. The molecule has 8 heteroatoms. The second kappa shape index (κ2) is 9.66. The zero-order valence-corrected chi connectivity index (χ0v) is 18.0. The van der Waals surface area contributed by atoms with Gasteiger partial charge in [0.15, 0.2) is 6.10 Å². The van der Waals surface area contributed by atoms with Gasteiger partial charge in [-0.2, -0.15) is 0 Å². The molecular weight excluding hydrogens is 414 g/mol. The Morgan fingerprint density at radius 3 is 2.42 bits per heavy atom. The minimum absolute atomic E-state index is 0.307.